The molecule has 0 aliphatic carbocycles. The Kier molecular flexibility index (Phi) is 9.37. The number of aromatic nitrogens is 1. The molecule has 2 aromatic carbocycles. The van der Waals surface area contributed by atoms with Crippen molar-refractivity contribution in [3.63, 3.8) is 0 Å². The molecule has 0 spiro atoms. The molecule has 2 heterocycles. The molecule has 0 saturated carbocycles. The first-order valence-corrected chi connectivity index (χ1v) is 13.6. The fourth-order valence-corrected chi connectivity index (χ4v) is 4.73. The van der Waals surface area contributed by atoms with Crippen LogP contribution in [-0.4, -0.2) is 40.6 Å². The van der Waals surface area contributed by atoms with Crippen LogP contribution in [-0.2, 0) is 39.9 Å². The molecule has 3 aromatic rings. The molecule has 0 radical (unpaired) electrons. The number of fused-ring (bicyclic) bond motifs is 1. The number of pyridine rings is 1. The van der Waals surface area contributed by atoms with E-state index in [4.69, 9.17) is 4.74 Å². The zero-order valence-electron chi connectivity index (χ0n) is 23.9. The maximum Gasteiger partial charge on any atom is 0.416 e. The first kappa shape index (κ1) is 31.5. The molecule has 2 N–H and O–H groups in total. The zero-order valence-corrected chi connectivity index (χ0v) is 23.9. The van der Waals surface area contributed by atoms with Crippen LogP contribution in [0, 0.1) is 5.82 Å². The lowest BCUT2D eigenvalue weighted by Crippen LogP contribution is -2.54. The number of nitrogens with one attached hydrogen (secondary N) is 2. The molecule has 1 aliphatic rings. The number of benzene rings is 2. The fourth-order valence-electron chi connectivity index (χ4n) is 4.73. The van der Waals surface area contributed by atoms with Gasteiger partial charge in [-0.05, 0) is 68.7 Å². The summed E-state index contributed by atoms with van der Waals surface area (Å²) in [5.41, 5.74) is 0.135. The highest BCUT2D eigenvalue weighted by molar-refractivity contribution is 6.01. The first-order chi connectivity index (χ1) is 20.2. The van der Waals surface area contributed by atoms with Crippen molar-refractivity contribution in [1.82, 2.24) is 15.6 Å². The summed E-state index contributed by atoms with van der Waals surface area (Å²) in [4.78, 5) is 45.0. The quantitative estimate of drug-likeness (QED) is 0.340. The van der Waals surface area contributed by atoms with Gasteiger partial charge in [0.15, 0.2) is 0 Å². The summed E-state index contributed by atoms with van der Waals surface area (Å²) in [5, 5.41) is 5.33. The Balaban J connectivity index is 1.50. The van der Waals surface area contributed by atoms with Crippen LogP contribution < -0.4 is 15.5 Å². The van der Waals surface area contributed by atoms with Gasteiger partial charge in [0.2, 0.25) is 11.8 Å². The molecule has 0 saturated heterocycles. The van der Waals surface area contributed by atoms with Gasteiger partial charge in [-0.3, -0.25) is 14.6 Å². The monoisotopic (exact) mass is 600 g/mol. The van der Waals surface area contributed by atoms with Crippen molar-refractivity contribution >= 4 is 23.6 Å². The fraction of sp³-hybridized carbons (Fsp3) is 0.355. The van der Waals surface area contributed by atoms with E-state index in [1.165, 1.54) is 29.2 Å². The van der Waals surface area contributed by atoms with Gasteiger partial charge in [-0.2, -0.15) is 13.2 Å². The third kappa shape index (κ3) is 8.52. The Morgan fingerprint density at radius 3 is 2.40 bits per heavy atom. The number of halogens is 4. The van der Waals surface area contributed by atoms with Crippen LogP contribution in [0.4, 0.5) is 28.0 Å². The molecule has 3 amide bonds. The molecule has 1 aromatic heterocycles. The van der Waals surface area contributed by atoms with E-state index in [1.54, 1.807) is 51.2 Å². The lowest BCUT2D eigenvalue weighted by Gasteiger charge is -2.34. The van der Waals surface area contributed by atoms with E-state index in [-0.39, 0.29) is 31.4 Å². The van der Waals surface area contributed by atoms with Crippen molar-refractivity contribution < 1.29 is 36.7 Å². The predicted molar refractivity (Wildman–Crippen MR) is 150 cm³/mol. The number of carbonyl (C=O) groups excluding carboxylic acids is 3. The van der Waals surface area contributed by atoms with Crippen molar-refractivity contribution in [2.24, 2.45) is 0 Å². The topological polar surface area (TPSA) is 101 Å². The number of nitrogens with zero attached hydrogens (tertiary/aromatic N) is 2. The van der Waals surface area contributed by atoms with Crippen molar-refractivity contribution in [3.05, 3.63) is 95.1 Å². The molecule has 4 rings (SSSR count). The number of anilines is 1. The van der Waals surface area contributed by atoms with Crippen LogP contribution in [0.5, 0.6) is 0 Å². The Morgan fingerprint density at radius 1 is 1.05 bits per heavy atom. The number of alkyl carbamates (subject to hydrolysis) is 1. The largest absolute Gasteiger partial charge is 0.444 e. The first-order valence-electron chi connectivity index (χ1n) is 13.6. The van der Waals surface area contributed by atoms with Crippen LogP contribution in [0.25, 0.3) is 0 Å². The minimum atomic E-state index is -4.49. The summed E-state index contributed by atoms with van der Waals surface area (Å²) in [7, 11) is 0. The summed E-state index contributed by atoms with van der Waals surface area (Å²) >= 11 is 0. The Hall–Kier alpha value is -4.48. The highest BCUT2D eigenvalue weighted by Crippen LogP contribution is 2.31. The van der Waals surface area contributed by atoms with Gasteiger partial charge in [0, 0.05) is 25.1 Å². The normalized spacial score (nSPS) is 15.8. The second-order valence-corrected chi connectivity index (χ2v) is 11.3. The van der Waals surface area contributed by atoms with E-state index < -0.39 is 53.1 Å². The van der Waals surface area contributed by atoms with Crippen molar-refractivity contribution in [2.45, 2.75) is 70.4 Å². The summed E-state index contributed by atoms with van der Waals surface area (Å²) in [5.74, 6) is -1.55. The molecule has 1 aliphatic heterocycles. The SMILES string of the molecule is CC(C)(C)OC(=O)N[C@@H](CC(=O)NC1Cc2ncccc2N(Cc2ccc(C(F)(F)F)cc2)C1=O)Cc1ccccc1F. The smallest absolute Gasteiger partial charge is 0.416 e. The number of amides is 3. The standard InChI is InChI=1S/C31H32F4N4O4/c1-30(2,3)43-29(42)37-22(15-20-7-4-5-8-23(20)32)16-27(40)38-25-17-24-26(9-6-14-36-24)39(28(25)41)18-19-10-12-21(13-11-19)31(33,34)35/h4-14,22,25H,15-18H2,1-3H3,(H,37,42)(H,38,40)/t22-,25?/m1/s1. The highest BCUT2D eigenvalue weighted by Gasteiger charge is 2.36. The lowest BCUT2D eigenvalue weighted by atomic mass is 9.99. The van der Waals surface area contributed by atoms with Crippen molar-refractivity contribution in [3.8, 4) is 0 Å². The summed E-state index contributed by atoms with van der Waals surface area (Å²) in [6, 6.07) is 11.9. The molecular weight excluding hydrogens is 568 g/mol. The predicted octanol–water partition coefficient (Wildman–Crippen LogP) is 5.34. The Bertz CT molecular complexity index is 1470. The van der Waals surface area contributed by atoms with Crippen LogP contribution in [0.15, 0.2) is 66.9 Å². The van der Waals surface area contributed by atoms with Crippen LogP contribution in [0.1, 0.15) is 49.6 Å². The van der Waals surface area contributed by atoms with Gasteiger partial charge >= 0.3 is 12.3 Å². The minimum absolute atomic E-state index is 0.0115. The third-order valence-corrected chi connectivity index (χ3v) is 6.65. The Morgan fingerprint density at radius 2 is 1.74 bits per heavy atom. The van der Waals surface area contributed by atoms with E-state index in [0.29, 0.717) is 16.9 Å². The molecule has 2 atom stereocenters. The van der Waals surface area contributed by atoms with Crippen molar-refractivity contribution in [1.29, 1.82) is 0 Å². The summed E-state index contributed by atoms with van der Waals surface area (Å²) in [6.07, 6.45) is -3.95. The number of carbonyl (C=O) groups is 3. The van der Waals surface area contributed by atoms with Gasteiger partial charge < -0.3 is 20.3 Å². The van der Waals surface area contributed by atoms with E-state index in [0.717, 1.165) is 12.1 Å². The molecule has 228 valence electrons. The molecule has 43 heavy (non-hydrogen) atoms. The van der Waals surface area contributed by atoms with Crippen molar-refractivity contribution in [2.75, 3.05) is 4.90 Å². The molecular formula is C31H32F4N4O4. The van der Waals surface area contributed by atoms with Gasteiger partial charge in [-0.1, -0.05) is 30.3 Å². The van der Waals surface area contributed by atoms with Gasteiger partial charge in [0.05, 0.1) is 23.5 Å². The van der Waals surface area contributed by atoms with E-state index in [2.05, 4.69) is 15.6 Å². The molecule has 8 nitrogen and oxygen atoms in total. The van der Waals surface area contributed by atoms with E-state index in [9.17, 15) is 31.9 Å². The second kappa shape index (κ2) is 12.8. The average molecular weight is 601 g/mol. The van der Waals surface area contributed by atoms with Gasteiger partial charge in [-0.15, -0.1) is 0 Å². The van der Waals surface area contributed by atoms with Crippen LogP contribution in [0.2, 0.25) is 0 Å². The highest BCUT2D eigenvalue weighted by atomic mass is 19.4. The molecule has 1 unspecified atom stereocenters. The number of hydrogen-bond acceptors (Lipinski definition) is 5. The lowest BCUT2D eigenvalue weighted by molar-refractivity contribution is -0.137. The second-order valence-electron chi connectivity index (χ2n) is 11.3. The summed E-state index contributed by atoms with van der Waals surface area (Å²) in [6.45, 7) is 5.00. The minimum Gasteiger partial charge on any atom is -0.444 e. The van der Waals surface area contributed by atoms with Crippen LogP contribution >= 0.6 is 0 Å². The molecule has 0 bridgehead atoms. The number of rotatable bonds is 8. The number of hydrogen-bond donors (Lipinski definition) is 2. The van der Waals surface area contributed by atoms with Crippen LogP contribution in [0.3, 0.4) is 0 Å². The number of alkyl halides is 3. The average Bonchev–Trinajstić information content (AvgIpc) is 2.91. The van der Waals surface area contributed by atoms with E-state index in [1.807, 2.05) is 0 Å². The molecule has 0 fully saturated rings. The van der Waals surface area contributed by atoms with Gasteiger partial charge in [0.1, 0.15) is 17.5 Å². The van der Waals surface area contributed by atoms with Gasteiger partial charge in [0.25, 0.3) is 0 Å². The third-order valence-electron chi connectivity index (χ3n) is 6.65. The number of ether oxygens (including phenoxy) is 1. The zero-order chi connectivity index (χ0) is 31.4. The molecule has 12 heteroatoms. The maximum atomic E-state index is 14.4. The summed E-state index contributed by atoms with van der Waals surface area (Å²) < 4.78 is 58.8. The Labute approximate surface area is 246 Å². The van der Waals surface area contributed by atoms with Gasteiger partial charge in [-0.25, -0.2) is 9.18 Å². The maximum absolute atomic E-state index is 14.4. The van der Waals surface area contributed by atoms with E-state index >= 15 is 0 Å².